The van der Waals surface area contributed by atoms with Crippen molar-refractivity contribution in [1.29, 1.82) is 0 Å². The van der Waals surface area contributed by atoms with Crippen molar-refractivity contribution in [3.63, 3.8) is 0 Å². The fourth-order valence-corrected chi connectivity index (χ4v) is 5.63. The predicted molar refractivity (Wildman–Crippen MR) is 119 cm³/mol. The number of hydrogen-bond donors (Lipinski definition) is 2. The van der Waals surface area contributed by atoms with Crippen LogP contribution in [0.1, 0.15) is 41.7 Å². The zero-order chi connectivity index (χ0) is 20.9. The molecule has 0 bridgehead atoms. The molecule has 0 unspecified atom stereocenters. The van der Waals surface area contributed by atoms with Crippen molar-refractivity contribution in [3.05, 3.63) is 39.7 Å². The summed E-state index contributed by atoms with van der Waals surface area (Å²) in [5.41, 5.74) is 2.59. The number of nitrogens with zero attached hydrogens (tertiary/aromatic N) is 4. The van der Waals surface area contributed by atoms with E-state index in [9.17, 15) is 9.59 Å². The van der Waals surface area contributed by atoms with Crippen LogP contribution in [0.5, 0.6) is 0 Å². The highest BCUT2D eigenvalue weighted by Crippen LogP contribution is 2.46. The van der Waals surface area contributed by atoms with Crippen molar-refractivity contribution in [1.82, 2.24) is 19.5 Å². The molecule has 8 nitrogen and oxygen atoms in total. The van der Waals surface area contributed by atoms with Gasteiger partial charge in [0, 0.05) is 12.1 Å². The first-order chi connectivity index (χ1) is 14.4. The third-order valence-electron chi connectivity index (χ3n) is 6.17. The molecule has 30 heavy (non-hydrogen) atoms. The minimum Gasteiger partial charge on any atom is -0.324 e. The highest BCUT2D eigenvalue weighted by atomic mass is 79.9. The number of halogens is 1. The smallest absolute Gasteiger partial charge is 0.260 e. The summed E-state index contributed by atoms with van der Waals surface area (Å²) in [5, 5.41) is 10.0. The van der Waals surface area contributed by atoms with Crippen molar-refractivity contribution in [3.8, 4) is 0 Å². The fraction of sp³-hybridized carbons (Fsp3) is 0.400. The van der Waals surface area contributed by atoms with Gasteiger partial charge in [-0.2, -0.15) is 5.10 Å². The summed E-state index contributed by atoms with van der Waals surface area (Å²) in [6, 6.07) is 1.75. The highest BCUT2D eigenvalue weighted by molar-refractivity contribution is 9.11. The number of fused-ring (bicyclic) bond motifs is 1. The fourth-order valence-electron chi connectivity index (χ4n) is 4.19. The van der Waals surface area contributed by atoms with Gasteiger partial charge in [0.1, 0.15) is 4.83 Å². The molecule has 3 aromatic rings. The molecule has 3 aromatic heterocycles. The molecule has 1 saturated carbocycles. The molecule has 0 radical (unpaired) electrons. The molecular formula is C20H21BrN6O2S. The molecule has 2 N–H and O–H groups in total. The predicted octanol–water partition coefficient (Wildman–Crippen LogP) is 3.68. The van der Waals surface area contributed by atoms with Gasteiger partial charge in [0.15, 0.2) is 0 Å². The van der Waals surface area contributed by atoms with E-state index in [1.807, 2.05) is 13.1 Å². The van der Waals surface area contributed by atoms with Crippen molar-refractivity contribution in [2.45, 2.75) is 38.1 Å². The molecule has 1 aliphatic carbocycles. The standard InChI is InChI=1S/C20H21BrN6O2S/c1-12-15(25-18(29)14-9-23-27-10-16(21)30-19(14)27)7-13(8-22-12)24-17(28)11-26-6-5-20(26)3-2-4-20/h7-10H,2-6,11H2,1H3,(H,24,28)(H,25,29). The number of anilines is 2. The Balaban J connectivity index is 1.27. The lowest BCUT2D eigenvalue weighted by Crippen LogP contribution is -2.65. The summed E-state index contributed by atoms with van der Waals surface area (Å²) in [7, 11) is 0. The van der Waals surface area contributed by atoms with Crippen molar-refractivity contribution in [2.24, 2.45) is 0 Å². The second-order valence-corrected chi connectivity index (χ2v) is 10.4. The summed E-state index contributed by atoms with van der Waals surface area (Å²) in [6.45, 7) is 3.20. The number of hydrogen-bond acceptors (Lipinski definition) is 6. The number of carbonyl (C=O) groups is 2. The Morgan fingerprint density at radius 3 is 2.80 bits per heavy atom. The zero-order valence-electron chi connectivity index (χ0n) is 16.4. The van der Waals surface area contributed by atoms with Gasteiger partial charge in [-0.05, 0) is 54.6 Å². The quantitative estimate of drug-likeness (QED) is 0.571. The Bertz CT molecular complexity index is 1150. The SMILES string of the molecule is Cc1ncc(NC(=O)CN2CCC23CCC3)cc1NC(=O)c1cnn2cc(Br)sc12. The molecule has 2 fully saturated rings. The normalized spacial score (nSPS) is 17.5. The van der Waals surface area contributed by atoms with Crippen LogP contribution in [0, 0.1) is 6.92 Å². The van der Waals surface area contributed by atoms with Gasteiger partial charge >= 0.3 is 0 Å². The minimum atomic E-state index is -0.264. The van der Waals surface area contributed by atoms with Crippen LogP contribution in [0.4, 0.5) is 11.4 Å². The molecule has 0 aromatic carbocycles. The van der Waals surface area contributed by atoms with Crippen molar-refractivity contribution >= 4 is 55.3 Å². The maximum atomic E-state index is 12.8. The molecule has 4 heterocycles. The molecule has 2 amide bonds. The van der Waals surface area contributed by atoms with E-state index < -0.39 is 0 Å². The van der Waals surface area contributed by atoms with Crippen LogP contribution in [0.2, 0.25) is 0 Å². The summed E-state index contributed by atoms with van der Waals surface area (Å²) >= 11 is 4.85. The number of carbonyl (C=O) groups excluding carboxylic acids is 2. The van der Waals surface area contributed by atoms with E-state index in [0.717, 1.165) is 15.2 Å². The average molecular weight is 489 g/mol. The lowest BCUT2D eigenvalue weighted by Gasteiger charge is -2.58. The van der Waals surface area contributed by atoms with Crippen LogP contribution in [0.3, 0.4) is 0 Å². The van der Waals surface area contributed by atoms with Gasteiger partial charge in [-0.25, -0.2) is 4.52 Å². The molecule has 156 valence electrons. The first kappa shape index (κ1) is 19.7. The first-order valence-electron chi connectivity index (χ1n) is 9.89. The number of pyridine rings is 1. The van der Waals surface area contributed by atoms with Crippen LogP contribution in [-0.2, 0) is 4.79 Å². The van der Waals surface area contributed by atoms with E-state index in [4.69, 9.17) is 0 Å². The summed E-state index contributed by atoms with van der Waals surface area (Å²) in [6.07, 6.45) is 9.83. The Morgan fingerprint density at radius 2 is 2.10 bits per heavy atom. The molecule has 10 heteroatoms. The van der Waals surface area contributed by atoms with Crippen LogP contribution >= 0.6 is 27.3 Å². The lowest BCUT2D eigenvalue weighted by atomic mass is 9.68. The van der Waals surface area contributed by atoms with E-state index in [2.05, 4.69) is 41.5 Å². The third-order valence-corrected chi connectivity index (χ3v) is 7.76. The second-order valence-electron chi connectivity index (χ2n) is 7.95. The van der Waals surface area contributed by atoms with E-state index in [1.54, 1.807) is 23.0 Å². The van der Waals surface area contributed by atoms with Gasteiger partial charge in [-0.1, -0.05) is 0 Å². The number of aryl methyl sites for hydroxylation is 1. The number of aromatic nitrogens is 3. The van der Waals surface area contributed by atoms with E-state index >= 15 is 0 Å². The van der Waals surface area contributed by atoms with Crippen molar-refractivity contribution < 1.29 is 9.59 Å². The average Bonchev–Trinajstić information content (AvgIpc) is 3.19. The number of rotatable bonds is 5. The molecule has 5 rings (SSSR count). The van der Waals surface area contributed by atoms with Gasteiger partial charge in [0.25, 0.3) is 5.91 Å². The molecule has 1 aliphatic heterocycles. The second kappa shape index (κ2) is 7.44. The maximum absolute atomic E-state index is 12.8. The van der Waals surface area contributed by atoms with E-state index in [-0.39, 0.29) is 17.4 Å². The van der Waals surface area contributed by atoms with Gasteiger partial charge in [-0.3, -0.25) is 19.5 Å². The van der Waals surface area contributed by atoms with E-state index in [1.165, 1.54) is 37.0 Å². The first-order valence-corrected chi connectivity index (χ1v) is 11.5. The summed E-state index contributed by atoms with van der Waals surface area (Å²) in [4.78, 5) is 32.7. The Morgan fingerprint density at radius 1 is 1.27 bits per heavy atom. The lowest BCUT2D eigenvalue weighted by molar-refractivity contribution is -0.127. The van der Waals surface area contributed by atoms with Gasteiger partial charge in [0.2, 0.25) is 5.91 Å². The van der Waals surface area contributed by atoms with Gasteiger partial charge in [0.05, 0.1) is 51.6 Å². The van der Waals surface area contributed by atoms with Crippen molar-refractivity contribution in [2.75, 3.05) is 23.7 Å². The molecule has 1 saturated heterocycles. The number of thiazole rings is 1. The van der Waals surface area contributed by atoms with Crippen LogP contribution < -0.4 is 10.6 Å². The van der Waals surface area contributed by atoms with Crippen LogP contribution in [0.25, 0.3) is 4.83 Å². The number of nitrogens with one attached hydrogen (secondary N) is 2. The molecule has 1 spiro atoms. The maximum Gasteiger partial charge on any atom is 0.260 e. The Hall–Kier alpha value is -2.30. The monoisotopic (exact) mass is 488 g/mol. The molecular weight excluding hydrogens is 468 g/mol. The number of likely N-dealkylation sites (tertiary alicyclic amines) is 1. The van der Waals surface area contributed by atoms with Gasteiger partial charge < -0.3 is 10.6 Å². The molecule has 2 aliphatic rings. The third kappa shape index (κ3) is 3.42. The Kier molecular flexibility index (Phi) is 4.87. The Labute approximate surface area is 185 Å². The van der Waals surface area contributed by atoms with Crippen LogP contribution in [0.15, 0.2) is 28.4 Å². The molecule has 0 atom stereocenters. The minimum absolute atomic E-state index is 0.0503. The topological polar surface area (TPSA) is 91.6 Å². The summed E-state index contributed by atoms with van der Waals surface area (Å²) in [5.74, 6) is -0.314. The largest absolute Gasteiger partial charge is 0.324 e. The van der Waals surface area contributed by atoms with Gasteiger partial charge in [-0.15, -0.1) is 11.3 Å². The summed E-state index contributed by atoms with van der Waals surface area (Å²) < 4.78 is 2.56. The zero-order valence-corrected chi connectivity index (χ0v) is 18.8. The highest BCUT2D eigenvalue weighted by Gasteiger charge is 2.49. The van der Waals surface area contributed by atoms with Crippen LogP contribution in [-0.4, -0.2) is 49.9 Å². The van der Waals surface area contributed by atoms with E-state index in [0.29, 0.717) is 29.2 Å². The number of amides is 2.